The Balaban J connectivity index is 1.76. The Bertz CT molecular complexity index is 174. The molecule has 0 aromatic carbocycles. The highest BCUT2D eigenvalue weighted by molar-refractivity contribution is 5.03. The summed E-state index contributed by atoms with van der Waals surface area (Å²) in [5.41, 5.74) is 6.33. The third-order valence-corrected chi connectivity index (χ3v) is 3.44. The Morgan fingerprint density at radius 2 is 2.00 bits per heavy atom. The van der Waals surface area contributed by atoms with Crippen LogP contribution >= 0.6 is 0 Å². The molecule has 2 fully saturated rings. The van der Waals surface area contributed by atoms with Gasteiger partial charge < -0.3 is 10.5 Å². The van der Waals surface area contributed by atoms with Gasteiger partial charge in [-0.25, -0.2) is 0 Å². The van der Waals surface area contributed by atoms with E-state index in [1.54, 1.807) is 0 Å². The van der Waals surface area contributed by atoms with Crippen molar-refractivity contribution in [3.63, 3.8) is 0 Å². The molecule has 0 aromatic heterocycles. The van der Waals surface area contributed by atoms with E-state index in [9.17, 15) is 0 Å². The molecule has 0 aromatic rings. The van der Waals surface area contributed by atoms with E-state index in [0.29, 0.717) is 5.92 Å². The summed E-state index contributed by atoms with van der Waals surface area (Å²) in [6, 6.07) is 0. The Labute approximate surface area is 80.2 Å². The molecule has 0 amide bonds. The van der Waals surface area contributed by atoms with Gasteiger partial charge in [-0.1, -0.05) is 6.92 Å². The molecule has 0 spiro atoms. The zero-order valence-electron chi connectivity index (χ0n) is 8.46. The van der Waals surface area contributed by atoms with Crippen LogP contribution in [0, 0.1) is 5.92 Å². The zero-order valence-corrected chi connectivity index (χ0v) is 8.46. The lowest BCUT2D eigenvalue weighted by molar-refractivity contribution is 0.0294. The van der Waals surface area contributed by atoms with Gasteiger partial charge in [-0.15, -0.1) is 0 Å². The van der Waals surface area contributed by atoms with Crippen molar-refractivity contribution >= 4 is 0 Å². The Kier molecular flexibility index (Phi) is 2.58. The van der Waals surface area contributed by atoms with Gasteiger partial charge in [0.1, 0.15) is 0 Å². The highest BCUT2D eigenvalue weighted by atomic mass is 16.5. The van der Waals surface area contributed by atoms with Gasteiger partial charge in [0.25, 0.3) is 0 Å². The smallest absolute Gasteiger partial charge is 0.0594 e. The summed E-state index contributed by atoms with van der Waals surface area (Å²) in [5, 5.41) is 0. The minimum Gasteiger partial charge on any atom is -0.379 e. The quantitative estimate of drug-likeness (QED) is 0.692. The lowest BCUT2D eigenvalue weighted by atomic mass is 10.00. The van der Waals surface area contributed by atoms with Gasteiger partial charge in [0.2, 0.25) is 0 Å². The molecule has 2 rings (SSSR count). The monoisotopic (exact) mass is 184 g/mol. The average Bonchev–Trinajstić information content (AvgIpc) is 2.87. The number of hydrogen-bond donors (Lipinski definition) is 1. The maximum atomic E-state index is 6.15. The molecule has 1 aliphatic heterocycles. The topological polar surface area (TPSA) is 38.5 Å². The molecule has 1 atom stereocenters. The minimum atomic E-state index is 0.179. The number of ether oxygens (including phenoxy) is 1. The van der Waals surface area contributed by atoms with E-state index >= 15 is 0 Å². The van der Waals surface area contributed by atoms with Gasteiger partial charge >= 0.3 is 0 Å². The fourth-order valence-electron chi connectivity index (χ4n) is 1.99. The molecule has 3 heteroatoms. The normalized spacial score (nSPS) is 30.0. The van der Waals surface area contributed by atoms with E-state index in [1.165, 1.54) is 12.8 Å². The van der Waals surface area contributed by atoms with Crippen LogP contribution in [-0.4, -0.2) is 43.3 Å². The molecule has 76 valence electrons. The van der Waals surface area contributed by atoms with E-state index in [2.05, 4.69) is 11.8 Å². The summed E-state index contributed by atoms with van der Waals surface area (Å²) < 4.78 is 5.31. The second-order valence-corrected chi connectivity index (χ2v) is 4.55. The van der Waals surface area contributed by atoms with Crippen molar-refractivity contribution in [2.75, 3.05) is 32.8 Å². The summed E-state index contributed by atoms with van der Waals surface area (Å²) in [7, 11) is 0. The molecule has 1 heterocycles. The van der Waals surface area contributed by atoms with E-state index in [1.807, 2.05) is 0 Å². The lowest BCUT2D eigenvalue weighted by Crippen LogP contribution is -2.44. The van der Waals surface area contributed by atoms with Crippen LogP contribution in [0.25, 0.3) is 0 Å². The number of rotatable bonds is 3. The molecule has 0 radical (unpaired) electrons. The number of nitrogens with zero attached hydrogens (tertiary/aromatic N) is 1. The van der Waals surface area contributed by atoms with Crippen molar-refractivity contribution in [3.05, 3.63) is 0 Å². The van der Waals surface area contributed by atoms with Crippen molar-refractivity contribution in [1.29, 1.82) is 0 Å². The average molecular weight is 184 g/mol. The summed E-state index contributed by atoms with van der Waals surface area (Å²) >= 11 is 0. The predicted molar refractivity (Wildman–Crippen MR) is 52.6 cm³/mol. The van der Waals surface area contributed by atoms with Gasteiger partial charge in [0, 0.05) is 25.2 Å². The summed E-state index contributed by atoms with van der Waals surface area (Å²) in [6.07, 6.45) is 2.44. The molecule has 0 bridgehead atoms. The highest BCUT2D eigenvalue weighted by Gasteiger charge is 2.43. The van der Waals surface area contributed by atoms with Crippen molar-refractivity contribution in [1.82, 2.24) is 4.90 Å². The molecular weight excluding hydrogens is 164 g/mol. The van der Waals surface area contributed by atoms with Crippen molar-refractivity contribution < 1.29 is 4.74 Å². The second kappa shape index (κ2) is 3.56. The van der Waals surface area contributed by atoms with Gasteiger partial charge in [0.15, 0.2) is 0 Å². The van der Waals surface area contributed by atoms with E-state index in [0.717, 1.165) is 32.8 Å². The van der Waals surface area contributed by atoms with E-state index in [-0.39, 0.29) is 5.54 Å². The van der Waals surface area contributed by atoms with Crippen LogP contribution in [0.4, 0.5) is 0 Å². The van der Waals surface area contributed by atoms with Crippen molar-refractivity contribution in [3.8, 4) is 0 Å². The van der Waals surface area contributed by atoms with Crippen LogP contribution < -0.4 is 5.73 Å². The number of hydrogen-bond acceptors (Lipinski definition) is 3. The first-order valence-electron chi connectivity index (χ1n) is 5.30. The third kappa shape index (κ3) is 2.22. The first-order chi connectivity index (χ1) is 6.21. The molecule has 3 nitrogen and oxygen atoms in total. The molecule has 2 aliphatic rings. The van der Waals surface area contributed by atoms with Crippen molar-refractivity contribution in [2.24, 2.45) is 11.7 Å². The number of nitrogens with two attached hydrogens (primary N) is 1. The second-order valence-electron chi connectivity index (χ2n) is 4.55. The highest BCUT2D eigenvalue weighted by Crippen LogP contribution is 2.39. The maximum Gasteiger partial charge on any atom is 0.0594 e. The van der Waals surface area contributed by atoms with Gasteiger partial charge in [-0.3, -0.25) is 4.90 Å². The zero-order chi connectivity index (χ0) is 9.31. The number of morpholine rings is 1. The SMILES string of the molecule is CC(CN1CCOCC1)C1(N)CC1. The van der Waals surface area contributed by atoms with E-state index < -0.39 is 0 Å². The first kappa shape index (κ1) is 9.44. The summed E-state index contributed by atoms with van der Waals surface area (Å²) in [5.74, 6) is 0.644. The summed E-state index contributed by atoms with van der Waals surface area (Å²) in [6.45, 7) is 7.39. The summed E-state index contributed by atoms with van der Waals surface area (Å²) in [4.78, 5) is 2.47. The fourth-order valence-corrected chi connectivity index (χ4v) is 1.99. The van der Waals surface area contributed by atoms with Crippen LogP contribution in [0.15, 0.2) is 0 Å². The van der Waals surface area contributed by atoms with E-state index in [4.69, 9.17) is 10.5 Å². The largest absolute Gasteiger partial charge is 0.379 e. The van der Waals surface area contributed by atoms with Crippen LogP contribution in [0.5, 0.6) is 0 Å². The third-order valence-electron chi connectivity index (χ3n) is 3.44. The molecule has 1 aliphatic carbocycles. The van der Waals surface area contributed by atoms with Gasteiger partial charge in [-0.2, -0.15) is 0 Å². The van der Waals surface area contributed by atoms with Gasteiger partial charge in [-0.05, 0) is 18.8 Å². The van der Waals surface area contributed by atoms with Crippen LogP contribution in [-0.2, 0) is 4.74 Å². The van der Waals surface area contributed by atoms with Crippen molar-refractivity contribution in [2.45, 2.75) is 25.3 Å². The standard InChI is InChI=1S/C10H20N2O/c1-9(10(11)2-3-10)8-12-4-6-13-7-5-12/h9H,2-8,11H2,1H3. The van der Waals surface area contributed by atoms with Crippen LogP contribution in [0.1, 0.15) is 19.8 Å². The molecule has 2 N–H and O–H groups in total. The maximum absolute atomic E-state index is 6.15. The Hall–Kier alpha value is -0.120. The molecular formula is C10H20N2O. The minimum absolute atomic E-state index is 0.179. The Morgan fingerprint density at radius 1 is 1.38 bits per heavy atom. The fraction of sp³-hybridized carbons (Fsp3) is 1.00. The molecule has 1 unspecified atom stereocenters. The first-order valence-corrected chi connectivity index (χ1v) is 5.30. The molecule has 1 saturated carbocycles. The lowest BCUT2D eigenvalue weighted by Gasteiger charge is -2.31. The van der Waals surface area contributed by atoms with Gasteiger partial charge in [0.05, 0.1) is 13.2 Å². The Morgan fingerprint density at radius 3 is 2.54 bits per heavy atom. The molecule has 1 saturated heterocycles. The van der Waals surface area contributed by atoms with Crippen LogP contribution in [0.2, 0.25) is 0 Å². The van der Waals surface area contributed by atoms with Crippen LogP contribution in [0.3, 0.4) is 0 Å². The predicted octanol–water partition coefficient (Wildman–Crippen LogP) is 0.446. The molecule has 13 heavy (non-hydrogen) atoms.